The largest absolute Gasteiger partial charge is 0.325 e. The van der Waals surface area contributed by atoms with E-state index in [1.54, 1.807) is 6.92 Å². The Kier molecular flexibility index (Phi) is 6.23. The van der Waals surface area contributed by atoms with Gasteiger partial charge >= 0.3 is 5.84 Å². The van der Waals surface area contributed by atoms with Crippen LogP contribution in [0.2, 0.25) is 0 Å². The lowest BCUT2D eigenvalue weighted by molar-refractivity contribution is -0.490. The molecule has 0 aromatic rings. The molecule has 1 aliphatic carbocycles. The second kappa shape index (κ2) is 7.45. The molecule has 18 heavy (non-hydrogen) atoms. The van der Waals surface area contributed by atoms with E-state index in [9.17, 15) is 4.91 Å². The molecule has 0 aromatic carbocycles. The number of rotatable bonds is 6. The number of nitrogens with zero attached hydrogens (tertiary/aromatic N) is 1. The third-order valence-corrected chi connectivity index (χ3v) is 3.98. The minimum atomic E-state index is -0.0411. The Balaban J connectivity index is 2.75. The van der Waals surface area contributed by atoms with Gasteiger partial charge in [-0.25, -0.2) is 0 Å². The molecule has 3 unspecified atom stereocenters. The summed E-state index contributed by atoms with van der Waals surface area (Å²) in [7, 11) is 0. The summed E-state index contributed by atoms with van der Waals surface area (Å²) in [5.41, 5.74) is 0. The molecule has 0 saturated carbocycles. The minimum Gasteiger partial charge on any atom is -0.101 e. The molecule has 1 aliphatic rings. The van der Waals surface area contributed by atoms with Crippen molar-refractivity contribution in [2.45, 2.75) is 65.3 Å². The molecule has 0 spiro atoms. The van der Waals surface area contributed by atoms with E-state index in [2.05, 4.69) is 26.0 Å². The lowest BCUT2D eigenvalue weighted by Crippen LogP contribution is -2.37. The summed E-state index contributed by atoms with van der Waals surface area (Å²) in [5, 5.41) is 7.58. The number of nitrogens with one attached hydrogen (secondary N) is 1. The second-order valence-electron chi connectivity index (χ2n) is 5.53. The normalized spacial score (nSPS) is 24.8. The highest BCUT2D eigenvalue weighted by Gasteiger charge is 2.34. The first-order chi connectivity index (χ1) is 8.57. The lowest BCUT2D eigenvalue weighted by atomic mass is 9.79. The Hall–Kier alpha value is -0.990. The van der Waals surface area contributed by atoms with Gasteiger partial charge in [-0.1, -0.05) is 43.7 Å². The van der Waals surface area contributed by atoms with Crippen molar-refractivity contribution >= 4 is 5.84 Å². The van der Waals surface area contributed by atoms with Crippen LogP contribution in [-0.4, -0.2) is 16.6 Å². The zero-order chi connectivity index (χ0) is 13.5. The van der Waals surface area contributed by atoms with Crippen molar-refractivity contribution in [3.8, 4) is 0 Å². The molecular formula is C15H27N2O+. The Bertz CT molecular complexity index is 322. The van der Waals surface area contributed by atoms with Crippen LogP contribution in [-0.2, 0) is 0 Å². The summed E-state index contributed by atoms with van der Waals surface area (Å²) in [6, 6.07) is -0.0411. The number of amidine groups is 1. The van der Waals surface area contributed by atoms with E-state index in [1.165, 1.54) is 12.8 Å². The van der Waals surface area contributed by atoms with E-state index in [0.29, 0.717) is 11.8 Å². The SMILES string of the molecule is CCCCCC(C1C=CCCC1C)[N+](=O)C(C)=N. The molecule has 1 N–H and O–H groups in total. The van der Waals surface area contributed by atoms with E-state index in [0.717, 1.165) is 30.4 Å². The van der Waals surface area contributed by atoms with E-state index < -0.39 is 0 Å². The molecule has 0 aromatic heterocycles. The van der Waals surface area contributed by atoms with Crippen molar-refractivity contribution in [1.82, 2.24) is 0 Å². The van der Waals surface area contributed by atoms with Gasteiger partial charge in [-0.05, 0) is 36.4 Å². The average molecular weight is 251 g/mol. The van der Waals surface area contributed by atoms with Crippen molar-refractivity contribution in [3.63, 3.8) is 0 Å². The monoisotopic (exact) mass is 251 g/mol. The van der Waals surface area contributed by atoms with Gasteiger partial charge in [0.05, 0.1) is 0 Å². The van der Waals surface area contributed by atoms with E-state index in [-0.39, 0.29) is 11.9 Å². The Morgan fingerprint density at radius 3 is 2.78 bits per heavy atom. The van der Waals surface area contributed by atoms with E-state index >= 15 is 0 Å². The molecule has 0 heterocycles. The highest BCUT2D eigenvalue weighted by Crippen LogP contribution is 2.30. The van der Waals surface area contributed by atoms with Crippen molar-refractivity contribution in [2.24, 2.45) is 11.8 Å². The maximum atomic E-state index is 12.1. The van der Waals surface area contributed by atoms with Crippen LogP contribution in [0.3, 0.4) is 0 Å². The van der Waals surface area contributed by atoms with Gasteiger partial charge in [0.2, 0.25) is 0 Å². The van der Waals surface area contributed by atoms with Crippen LogP contribution >= 0.6 is 0 Å². The summed E-state index contributed by atoms with van der Waals surface area (Å²) in [6.07, 6.45) is 11.0. The first kappa shape index (κ1) is 15.1. The van der Waals surface area contributed by atoms with Gasteiger partial charge in [0, 0.05) is 12.8 Å². The standard InChI is InChI=1S/C15H27N2O/c1-4-5-6-11-15(17(18)13(3)16)14-10-8-7-9-12(14)2/h8,10,12,14-16H,4-7,9,11H2,1-3H3/q+1. The van der Waals surface area contributed by atoms with Crippen molar-refractivity contribution in [3.05, 3.63) is 17.1 Å². The van der Waals surface area contributed by atoms with Crippen LogP contribution < -0.4 is 0 Å². The summed E-state index contributed by atoms with van der Waals surface area (Å²) in [6.45, 7) is 6.00. The first-order valence-corrected chi connectivity index (χ1v) is 7.26. The highest BCUT2D eigenvalue weighted by atomic mass is 16.3. The molecule has 102 valence electrons. The predicted octanol–water partition coefficient (Wildman–Crippen LogP) is 4.31. The van der Waals surface area contributed by atoms with E-state index in [4.69, 9.17) is 5.41 Å². The molecule has 0 amide bonds. The molecule has 3 atom stereocenters. The lowest BCUT2D eigenvalue weighted by Gasteiger charge is -2.28. The summed E-state index contributed by atoms with van der Waals surface area (Å²) in [5.74, 6) is 1.01. The quantitative estimate of drug-likeness (QED) is 0.247. The number of hydrogen-bond donors (Lipinski definition) is 1. The van der Waals surface area contributed by atoms with Gasteiger partial charge in [0.1, 0.15) is 0 Å². The van der Waals surface area contributed by atoms with Gasteiger partial charge in [-0.3, -0.25) is 0 Å². The van der Waals surface area contributed by atoms with Crippen molar-refractivity contribution in [1.29, 1.82) is 5.41 Å². The van der Waals surface area contributed by atoms with Crippen LogP contribution in [0, 0.1) is 22.2 Å². The number of nitroso groups, excluding NO2 is 1. The maximum Gasteiger partial charge on any atom is 0.325 e. The minimum absolute atomic E-state index is 0.0411. The van der Waals surface area contributed by atoms with Gasteiger partial charge in [-0.15, -0.1) is 5.41 Å². The fourth-order valence-corrected chi connectivity index (χ4v) is 2.82. The number of allylic oxidation sites excluding steroid dienone is 1. The third-order valence-electron chi connectivity index (χ3n) is 3.98. The maximum absolute atomic E-state index is 12.1. The Morgan fingerprint density at radius 2 is 2.22 bits per heavy atom. The van der Waals surface area contributed by atoms with E-state index in [1.807, 2.05) is 0 Å². The highest BCUT2D eigenvalue weighted by molar-refractivity contribution is 5.66. The zero-order valence-electron chi connectivity index (χ0n) is 12.0. The average Bonchev–Trinajstić information content (AvgIpc) is 2.35. The van der Waals surface area contributed by atoms with Crippen LogP contribution in [0.25, 0.3) is 0 Å². The van der Waals surface area contributed by atoms with Crippen molar-refractivity contribution in [2.75, 3.05) is 0 Å². The molecule has 0 aliphatic heterocycles. The Morgan fingerprint density at radius 1 is 1.50 bits per heavy atom. The molecular weight excluding hydrogens is 224 g/mol. The Labute approximate surface area is 111 Å². The van der Waals surface area contributed by atoms with Gasteiger partial charge in [0.15, 0.2) is 6.04 Å². The van der Waals surface area contributed by atoms with Crippen LogP contribution in [0.4, 0.5) is 0 Å². The zero-order valence-corrected chi connectivity index (χ0v) is 12.0. The molecule has 0 saturated heterocycles. The molecule has 0 fully saturated rings. The second-order valence-corrected chi connectivity index (χ2v) is 5.53. The van der Waals surface area contributed by atoms with Crippen LogP contribution in [0.15, 0.2) is 12.2 Å². The fourth-order valence-electron chi connectivity index (χ4n) is 2.82. The molecule has 0 bridgehead atoms. The molecule has 1 rings (SSSR count). The summed E-state index contributed by atoms with van der Waals surface area (Å²) in [4.78, 5) is 12.1. The first-order valence-electron chi connectivity index (χ1n) is 7.26. The smallest absolute Gasteiger partial charge is 0.101 e. The van der Waals surface area contributed by atoms with Crippen molar-refractivity contribution < 1.29 is 4.76 Å². The third kappa shape index (κ3) is 4.04. The summed E-state index contributed by atoms with van der Waals surface area (Å²) < 4.78 is 0.937. The number of unbranched alkanes of at least 4 members (excludes halogenated alkanes) is 2. The molecule has 3 nitrogen and oxygen atoms in total. The predicted molar refractivity (Wildman–Crippen MR) is 76.0 cm³/mol. The summed E-state index contributed by atoms with van der Waals surface area (Å²) >= 11 is 0. The van der Waals surface area contributed by atoms with Crippen LogP contribution in [0.1, 0.15) is 59.3 Å². The molecule has 3 heteroatoms. The van der Waals surface area contributed by atoms with Gasteiger partial charge in [-0.2, -0.15) is 0 Å². The molecule has 0 radical (unpaired) electrons. The number of hydrogen-bond acceptors (Lipinski definition) is 2. The topological polar surface area (TPSA) is 43.9 Å². The van der Waals surface area contributed by atoms with Crippen LogP contribution in [0.5, 0.6) is 0 Å². The fraction of sp³-hybridized carbons (Fsp3) is 0.800. The van der Waals surface area contributed by atoms with Gasteiger partial charge < -0.3 is 0 Å². The van der Waals surface area contributed by atoms with Gasteiger partial charge in [0.25, 0.3) is 0 Å².